The fraction of sp³-hybridized carbons (Fsp3) is 0.688. The van der Waals surface area contributed by atoms with Crippen LogP contribution in [0.4, 0.5) is 5.82 Å². The van der Waals surface area contributed by atoms with Gasteiger partial charge in [0.25, 0.3) is 0 Å². The molecule has 4 heteroatoms. The third-order valence-electron chi connectivity index (χ3n) is 4.36. The zero-order valence-corrected chi connectivity index (χ0v) is 12.3. The van der Waals surface area contributed by atoms with Gasteiger partial charge >= 0.3 is 0 Å². The molecule has 1 aromatic heterocycles. The van der Waals surface area contributed by atoms with E-state index in [9.17, 15) is 0 Å². The second-order valence-electron chi connectivity index (χ2n) is 5.86. The third-order valence-corrected chi connectivity index (χ3v) is 4.36. The number of anilines is 1. The summed E-state index contributed by atoms with van der Waals surface area (Å²) in [6.45, 7) is 6.09. The van der Waals surface area contributed by atoms with Crippen molar-refractivity contribution in [1.29, 1.82) is 0 Å². The molecule has 2 atom stereocenters. The summed E-state index contributed by atoms with van der Waals surface area (Å²) < 4.78 is 5.87. The summed E-state index contributed by atoms with van der Waals surface area (Å²) in [5, 5.41) is 3.32. The van der Waals surface area contributed by atoms with Crippen LogP contribution in [0.1, 0.15) is 38.2 Å². The molecule has 0 radical (unpaired) electrons. The normalized spacial score (nSPS) is 26.4. The molecule has 1 aliphatic carbocycles. The molecule has 1 saturated carbocycles. The Balaban J connectivity index is 1.59. The molecule has 2 fully saturated rings. The summed E-state index contributed by atoms with van der Waals surface area (Å²) in [6, 6.07) is 4.92. The van der Waals surface area contributed by atoms with Crippen molar-refractivity contribution >= 4 is 5.82 Å². The monoisotopic (exact) mass is 275 g/mol. The molecule has 0 amide bonds. The van der Waals surface area contributed by atoms with Crippen LogP contribution in [0, 0.1) is 0 Å². The standard InChI is InChI=1S/C16H25N3O/c1-2-8-17-16-7-6-13(11-18-16)12-19-9-10-20-15-5-3-4-14(15)19/h6-7,11,14-15H,2-5,8-10,12H2,1H3,(H,17,18). The highest BCUT2D eigenvalue weighted by Crippen LogP contribution is 2.30. The Bertz CT molecular complexity index is 420. The molecular formula is C16H25N3O. The number of hydrogen-bond donors (Lipinski definition) is 1. The number of rotatable bonds is 5. The van der Waals surface area contributed by atoms with Crippen LogP contribution >= 0.6 is 0 Å². The summed E-state index contributed by atoms with van der Waals surface area (Å²) in [7, 11) is 0. The second kappa shape index (κ2) is 6.55. The van der Waals surface area contributed by atoms with Crippen molar-refractivity contribution in [2.45, 2.75) is 51.3 Å². The molecule has 0 bridgehead atoms. The van der Waals surface area contributed by atoms with E-state index in [2.05, 4.69) is 34.3 Å². The minimum atomic E-state index is 0.474. The summed E-state index contributed by atoms with van der Waals surface area (Å²) in [6.07, 6.45) is 7.44. The van der Waals surface area contributed by atoms with Crippen molar-refractivity contribution < 1.29 is 4.74 Å². The van der Waals surface area contributed by atoms with E-state index < -0.39 is 0 Å². The van der Waals surface area contributed by atoms with E-state index in [4.69, 9.17) is 4.74 Å². The number of fused-ring (bicyclic) bond motifs is 1. The van der Waals surface area contributed by atoms with Crippen molar-refractivity contribution in [1.82, 2.24) is 9.88 Å². The van der Waals surface area contributed by atoms with Crippen LogP contribution < -0.4 is 5.32 Å². The Morgan fingerprint density at radius 2 is 2.35 bits per heavy atom. The largest absolute Gasteiger partial charge is 0.375 e. The van der Waals surface area contributed by atoms with Gasteiger partial charge in [-0.2, -0.15) is 0 Å². The van der Waals surface area contributed by atoms with Crippen LogP contribution in [-0.2, 0) is 11.3 Å². The Labute approximate surface area is 121 Å². The molecule has 3 rings (SSSR count). The molecule has 0 aromatic carbocycles. The molecule has 0 spiro atoms. The topological polar surface area (TPSA) is 37.4 Å². The van der Waals surface area contributed by atoms with Crippen LogP contribution in [0.25, 0.3) is 0 Å². The molecule has 2 aliphatic rings. The molecule has 4 nitrogen and oxygen atoms in total. The van der Waals surface area contributed by atoms with Gasteiger partial charge in [0.15, 0.2) is 0 Å². The van der Waals surface area contributed by atoms with Gasteiger partial charge in [-0.3, -0.25) is 4.90 Å². The van der Waals surface area contributed by atoms with Crippen molar-refractivity contribution in [2.75, 3.05) is 25.0 Å². The van der Waals surface area contributed by atoms with Gasteiger partial charge in [-0.25, -0.2) is 4.98 Å². The highest BCUT2D eigenvalue weighted by Gasteiger charge is 2.35. The zero-order valence-electron chi connectivity index (χ0n) is 12.3. The molecule has 110 valence electrons. The number of nitrogens with one attached hydrogen (secondary N) is 1. The number of ether oxygens (including phenoxy) is 1. The Morgan fingerprint density at radius 3 is 3.15 bits per heavy atom. The number of pyridine rings is 1. The van der Waals surface area contributed by atoms with Crippen molar-refractivity contribution in [3.63, 3.8) is 0 Å². The maximum Gasteiger partial charge on any atom is 0.125 e. The average Bonchev–Trinajstić information content (AvgIpc) is 2.96. The Kier molecular flexibility index (Phi) is 4.53. The first-order valence-electron chi connectivity index (χ1n) is 7.91. The maximum atomic E-state index is 5.87. The van der Waals surface area contributed by atoms with Crippen LogP contribution in [0.2, 0.25) is 0 Å². The lowest BCUT2D eigenvalue weighted by Gasteiger charge is -2.37. The first-order chi connectivity index (χ1) is 9.86. The van der Waals surface area contributed by atoms with E-state index in [1.807, 2.05) is 6.20 Å². The molecule has 1 saturated heterocycles. The van der Waals surface area contributed by atoms with Gasteiger partial charge in [0.2, 0.25) is 0 Å². The summed E-state index contributed by atoms with van der Waals surface area (Å²) in [5.74, 6) is 0.983. The van der Waals surface area contributed by atoms with Gasteiger partial charge in [0.1, 0.15) is 5.82 Å². The predicted octanol–water partition coefficient (Wildman–Crippen LogP) is 2.66. The molecule has 1 aromatic rings. The number of morpholine rings is 1. The zero-order chi connectivity index (χ0) is 13.8. The number of nitrogens with zero attached hydrogens (tertiary/aromatic N) is 2. The van der Waals surface area contributed by atoms with Gasteiger partial charge in [-0.15, -0.1) is 0 Å². The molecule has 1 aliphatic heterocycles. The van der Waals surface area contributed by atoms with Crippen molar-refractivity contribution in [2.24, 2.45) is 0 Å². The lowest BCUT2D eigenvalue weighted by Crippen LogP contribution is -2.47. The van der Waals surface area contributed by atoms with E-state index >= 15 is 0 Å². The van der Waals surface area contributed by atoms with Crippen LogP contribution in [0.5, 0.6) is 0 Å². The van der Waals surface area contributed by atoms with Gasteiger partial charge in [0.05, 0.1) is 12.7 Å². The van der Waals surface area contributed by atoms with Gasteiger partial charge in [-0.1, -0.05) is 13.0 Å². The second-order valence-corrected chi connectivity index (χ2v) is 5.86. The van der Waals surface area contributed by atoms with E-state index in [0.29, 0.717) is 12.1 Å². The summed E-state index contributed by atoms with van der Waals surface area (Å²) in [5.41, 5.74) is 1.31. The van der Waals surface area contributed by atoms with Gasteiger partial charge < -0.3 is 10.1 Å². The highest BCUT2D eigenvalue weighted by molar-refractivity contribution is 5.35. The van der Waals surface area contributed by atoms with Crippen LogP contribution in [-0.4, -0.2) is 41.7 Å². The SMILES string of the molecule is CCCNc1ccc(CN2CCOC3CCCC32)cn1. The van der Waals surface area contributed by atoms with Gasteiger partial charge in [0, 0.05) is 31.9 Å². The van der Waals surface area contributed by atoms with Crippen molar-refractivity contribution in [3.05, 3.63) is 23.9 Å². The highest BCUT2D eigenvalue weighted by atomic mass is 16.5. The van der Waals surface area contributed by atoms with Crippen LogP contribution in [0.3, 0.4) is 0 Å². The van der Waals surface area contributed by atoms with E-state index in [1.54, 1.807) is 0 Å². The van der Waals surface area contributed by atoms with Crippen LogP contribution in [0.15, 0.2) is 18.3 Å². The predicted molar refractivity (Wildman–Crippen MR) is 80.8 cm³/mol. The fourth-order valence-corrected chi connectivity index (χ4v) is 3.31. The molecule has 1 N–H and O–H groups in total. The average molecular weight is 275 g/mol. The molecule has 2 unspecified atom stereocenters. The molecule has 20 heavy (non-hydrogen) atoms. The van der Waals surface area contributed by atoms with E-state index in [1.165, 1.54) is 24.8 Å². The molecular weight excluding hydrogens is 250 g/mol. The smallest absolute Gasteiger partial charge is 0.125 e. The quantitative estimate of drug-likeness (QED) is 0.896. The van der Waals surface area contributed by atoms with E-state index in [0.717, 1.165) is 38.5 Å². The fourth-order valence-electron chi connectivity index (χ4n) is 3.31. The lowest BCUT2D eigenvalue weighted by atomic mass is 10.1. The lowest BCUT2D eigenvalue weighted by molar-refractivity contribution is -0.0588. The minimum absolute atomic E-state index is 0.474. The van der Waals surface area contributed by atoms with Crippen molar-refractivity contribution in [3.8, 4) is 0 Å². The maximum absolute atomic E-state index is 5.87. The van der Waals surface area contributed by atoms with E-state index in [-0.39, 0.29) is 0 Å². The summed E-state index contributed by atoms with van der Waals surface area (Å²) in [4.78, 5) is 7.08. The first-order valence-corrected chi connectivity index (χ1v) is 7.91. The summed E-state index contributed by atoms with van der Waals surface area (Å²) >= 11 is 0. The number of aromatic nitrogens is 1. The Hall–Kier alpha value is -1.13. The third kappa shape index (κ3) is 3.13. The Morgan fingerprint density at radius 1 is 1.40 bits per heavy atom. The van der Waals surface area contributed by atoms with Gasteiger partial charge in [-0.05, 0) is 37.3 Å². The first kappa shape index (κ1) is 13.8. The minimum Gasteiger partial charge on any atom is -0.375 e. The number of hydrogen-bond acceptors (Lipinski definition) is 4. The molecule has 2 heterocycles.